The van der Waals surface area contributed by atoms with Crippen LogP contribution >= 0.6 is 15.9 Å². The van der Waals surface area contributed by atoms with Crippen molar-refractivity contribution in [3.05, 3.63) is 22.3 Å². The standard InChI is InChI=1S/C13H17BrN2O2/c1-9-4-3-5-16(8-9)12-6-10(13(17)18-2)11(14)7-15-12/h6-7,9H,3-5,8H2,1-2H3. The van der Waals surface area contributed by atoms with E-state index in [4.69, 9.17) is 4.74 Å². The first-order valence-electron chi connectivity index (χ1n) is 6.10. The predicted octanol–water partition coefficient (Wildman–Crippen LogP) is 2.87. The van der Waals surface area contributed by atoms with Gasteiger partial charge in [-0.25, -0.2) is 9.78 Å². The van der Waals surface area contributed by atoms with E-state index < -0.39 is 0 Å². The number of carbonyl (C=O) groups excluding carboxylic acids is 1. The van der Waals surface area contributed by atoms with Crippen molar-refractivity contribution < 1.29 is 9.53 Å². The molecule has 0 N–H and O–H groups in total. The molecule has 0 amide bonds. The van der Waals surface area contributed by atoms with Gasteiger partial charge in [0.05, 0.1) is 17.1 Å². The molecular weight excluding hydrogens is 296 g/mol. The zero-order valence-electron chi connectivity index (χ0n) is 10.6. The van der Waals surface area contributed by atoms with Crippen LogP contribution in [0, 0.1) is 5.92 Å². The van der Waals surface area contributed by atoms with E-state index in [9.17, 15) is 4.79 Å². The molecule has 4 nitrogen and oxygen atoms in total. The first kappa shape index (κ1) is 13.3. The Balaban J connectivity index is 2.26. The number of methoxy groups -OCH3 is 1. The van der Waals surface area contributed by atoms with Crippen molar-refractivity contribution in [2.24, 2.45) is 5.92 Å². The Morgan fingerprint density at radius 3 is 3.06 bits per heavy atom. The van der Waals surface area contributed by atoms with Crippen LogP contribution in [0.1, 0.15) is 30.1 Å². The van der Waals surface area contributed by atoms with E-state index in [0.29, 0.717) is 16.0 Å². The van der Waals surface area contributed by atoms with Gasteiger partial charge in [-0.05, 0) is 40.8 Å². The summed E-state index contributed by atoms with van der Waals surface area (Å²) in [5.41, 5.74) is 0.528. The molecule has 1 aliphatic heterocycles. The Morgan fingerprint density at radius 2 is 2.39 bits per heavy atom. The van der Waals surface area contributed by atoms with Crippen molar-refractivity contribution in [1.82, 2.24) is 4.98 Å². The lowest BCUT2D eigenvalue weighted by Crippen LogP contribution is -2.34. The minimum Gasteiger partial charge on any atom is -0.465 e. The van der Waals surface area contributed by atoms with Gasteiger partial charge >= 0.3 is 5.97 Å². The zero-order valence-corrected chi connectivity index (χ0v) is 12.2. The van der Waals surface area contributed by atoms with Gasteiger partial charge in [0.1, 0.15) is 5.82 Å². The highest BCUT2D eigenvalue weighted by atomic mass is 79.9. The normalized spacial score (nSPS) is 19.7. The third-order valence-electron chi connectivity index (χ3n) is 3.23. The number of hydrogen-bond acceptors (Lipinski definition) is 4. The summed E-state index contributed by atoms with van der Waals surface area (Å²) in [6.07, 6.45) is 4.10. The highest BCUT2D eigenvalue weighted by Crippen LogP contribution is 2.25. The maximum absolute atomic E-state index is 11.6. The molecule has 0 saturated carbocycles. The zero-order chi connectivity index (χ0) is 13.1. The maximum Gasteiger partial charge on any atom is 0.339 e. The number of carbonyl (C=O) groups is 1. The fourth-order valence-corrected chi connectivity index (χ4v) is 2.64. The summed E-state index contributed by atoms with van der Waals surface area (Å²) < 4.78 is 5.43. The third-order valence-corrected chi connectivity index (χ3v) is 3.86. The molecule has 98 valence electrons. The van der Waals surface area contributed by atoms with E-state index in [0.717, 1.165) is 18.9 Å². The largest absolute Gasteiger partial charge is 0.465 e. The van der Waals surface area contributed by atoms with Gasteiger partial charge in [0.15, 0.2) is 0 Å². The SMILES string of the molecule is COC(=O)c1cc(N2CCCC(C)C2)ncc1Br. The number of piperidine rings is 1. The average Bonchev–Trinajstić information content (AvgIpc) is 2.38. The molecule has 1 aliphatic rings. The van der Waals surface area contributed by atoms with Crippen molar-refractivity contribution in [2.75, 3.05) is 25.1 Å². The lowest BCUT2D eigenvalue weighted by atomic mass is 10.0. The predicted molar refractivity (Wildman–Crippen MR) is 73.9 cm³/mol. The number of anilines is 1. The molecule has 1 fully saturated rings. The lowest BCUT2D eigenvalue weighted by Gasteiger charge is -2.32. The topological polar surface area (TPSA) is 42.4 Å². The molecule has 0 radical (unpaired) electrons. The molecule has 0 bridgehead atoms. The van der Waals surface area contributed by atoms with Crippen LogP contribution in [0.3, 0.4) is 0 Å². The van der Waals surface area contributed by atoms with Gasteiger partial charge in [-0.3, -0.25) is 0 Å². The van der Waals surface area contributed by atoms with Crippen LogP contribution in [-0.2, 0) is 4.74 Å². The van der Waals surface area contributed by atoms with E-state index in [1.807, 2.05) is 0 Å². The summed E-state index contributed by atoms with van der Waals surface area (Å²) in [5.74, 6) is 1.19. The number of halogens is 1. The van der Waals surface area contributed by atoms with Crippen molar-refractivity contribution in [2.45, 2.75) is 19.8 Å². The molecular formula is C13H17BrN2O2. The average molecular weight is 313 g/mol. The van der Waals surface area contributed by atoms with Crippen molar-refractivity contribution in [3.63, 3.8) is 0 Å². The number of esters is 1. The Kier molecular flexibility index (Phi) is 4.22. The van der Waals surface area contributed by atoms with E-state index in [-0.39, 0.29) is 5.97 Å². The van der Waals surface area contributed by atoms with Gasteiger partial charge in [0.25, 0.3) is 0 Å². The minimum absolute atomic E-state index is 0.337. The summed E-state index contributed by atoms with van der Waals surface area (Å²) in [6.45, 7) is 4.24. The number of ether oxygens (including phenoxy) is 1. The molecule has 1 aromatic heterocycles. The second kappa shape index (κ2) is 5.69. The summed E-state index contributed by atoms with van der Waals surface area (Å²) >= 11 is 3.33. The van der Waals surface area contributed by atoms with Crippen LogP contribution in [0.5, 0.6) is 0 Å². The van der Waals surface area contributed by atoms with Gasteiger partial charge in [-0.2, -0.15) is 0 Å². The maximum atomic E-state index is 11.6. The molecule has 0 aromatic carbocycles. The number of pyridine rings is 1. The smallest absolute Gasteiger partial charge is 0.339 e. The van der Waals surface area contributed by atoms with Gasteiger partial charge in [0, 0.05) is 19.3 Å². The van der Waals surface area contributed by atoms with Crippen LogP contribution in [-0.4, -0.2) is 31.2 Å². The second-order valence-electron chi connectivity index (χ2n) is 4.71. The van der Waals surface area contributed by atoms with Crippen molar-refractivity contribution in [1.29, 1.82) is 0 Å². The van der Waals surface area contributed by atoms with E-state index >= 15 is 0 Å². The van der Waals surface area contributed by atoms with Gasteiger partial charge in [0.2, 0.25) is 0 Å². The summed E-state index contributed by atoms with van der Waals surface area (Å²) in [5, 5.41) is 0. The molecule has 2 rings (SSSR count). The second-order valence-corrected chi connectivity index (χ2v) is 5.56. The van der Waals surface area contributed by atoms with Crippen LogP contribution in [0.2, 0.25) is 0 Å². The highest BCUT2D eigenvalue weighted by Gasteiger charge is 2.20. The van der Waals surface area contributed by atoms with E-state index in [1.165, 1.54) is 20.0 Å². The Morgan fingerprint density at radius 1 is 1.61 bits per heavy atom. The molecule has 18 heavy (non-hydrogen) atoms. The fraction of sp³-hybridized carbons (Fsp3) is 0.538. The van der Waals surface area contributed by atoms with Crippen LogP contribution in [0.25, 0.3) is 0 Å². The van der Waals surface area contributed by atoms with Crippen molar-refractivity contribution in [3.8, 4) is 0 Å². The quantitative estimate of drug-likeness (QED) is 0.788. The van der Waals surface area contributed by atoms with Crippen molar-refractivity contribution >= 4 is 27.7 Å². The lowest BCUT2D eigenvalue weighted by molar-refractivity contribution is 0.0599. The first-order chi connectivity index (χ1) is 8.61. The van der Waals surface area contributed by atoms with Gasteiger partial charge in [-0.1, -0.05) is 6.92 Å². The number of nitrogens with zero attached hydrogens (tertiary/aromatic N) is 2. The Labute approximate surface area is 115 Å². The number of aromatic nitrogens is 1. The molecule has 1 aromatic rings. The highest BCUT2D eigenvalue weighted by molar-refractivity contribution is 9.10. The molecule has 1 unspecified atom stereocenters. The third kappa shape index (κ3) is 2.83. The Hall–Kier alpha value is -1.10. The summed E-state index contributed by atoms with van der Waals surface area (Å²) in [6, 6.07) is 1.80. The van der Waals surface area contributed by atoms with Crippen LogP contribution in [0.4, 0.5) is 5.82 Å². The molecule has 1 saturated heterocycles. The van der Waals surface area contributed by atoms with Crippen LogP contribution in [0.15, 0.2) is 16.7 Å². The molecule has 5 heteroatoms. The molecule has 0 aliphatic carbocycles. The summed E-state index contributed by atoms with van der Waals surface area (Å²) in [7, 11) is 1.39. The molecule has 0 spiro atoms. The van der Waals surface area contributed by atoms with Gasteiger partial charge in [-0.15, -0.1) is 0 Å². The molecule has 1 atom stereocenters. The fourth-order valence-electron chi connectivity index (χ4n) is 2.26. The minimum atomic E-state index is -0.337. The number of rotatable bonds is 2. The monoisotopic (exact) mass is 312 g/mol. The summed E-state index contributed by atoms with van der Waals surface area (Å²) in [4.78, 5) is 18.2. The number of hydrogen-bond donors (Lipinski definition) is 0. The van der Waals surface area contributed by atoms with Gasteiger partial charge < -0.3 is 9.64 Å². The molecule has 2 heterocycles. The Bertz CT molecular complexity index is 451. The van der Waals surface area contributed by atoms with Crippen LogP contribution < -0.4 is 4.90 Å². The first-order valence-corrected chi connectivity index (χ1v) is 6.90. The van der Waals surface area contributed by atoms with E-state index in [2.05, 4.69) is 32.7 Å². The van der Waals surface area contributed by atoms with E-state index in [1.54, 1.807) is 12.3 Å².